The average Bonchev–Trinajstić information content (AvgIpc) is 2.87. The van der Waals surface area contributed by atoms with Crippen LogP contribution in [0.15, 0.2) is 21.6 Å². The monoisotopic (exact) mass is 309 g/mol. The fourth-order valence-electron chi connectivity index (χ4n) is 3.60. The number of hydrogen-bond donors (Lipinski definition) is 0. The number of fused-ring (bicyclic) bond motifs is 2. The van der Waals surface area contributed by atoms with Crippen LogP contribution in [0.3, 0.4) is 0 Å². The maximum atomic E-state index is 14.1. The maximum absolute atomic E-state index is 14.1. The lowest BCUT2D eigenvalue weighted by atomic mass is 9.73. The first-order valence-corrected chi connectivity index (χ1v) is 7.42. The predicted molar refractivity (Wildman–Crippen MR) is 76.2 cm³/mol. The summed E-state index contributed by atoms with van der Waals surface area (Å²) >= 11 is 3.41. The Morgan fingerprint density at radius 1 is 1.28 bits per heavy atom. The van der Waals surface area contributed by atoms with Crippen molar-refractivity contribution >= 4 is 27.3 Å². The molecule has 1 heterocycles. The Morgan fingerprint density at radius 3 is 2.56 bits per heavy atom. The molecule has 1 aromatic rings. The standard InChI is InChI=1S/C15H17BrFN/c1-9(2)14-15(5-3-4-6-15)11-7-10(16)8-12(17)13(11)18-14/h7-9H,3-6H2,1-2H3. The van der Waals surface area contributed by atoms with Crippen LogP contribution in [0.2, 0.25) is 0 Å². The molecule has 1 aliphatic carbocycles. The molecule has 0 bridgehead atoms. The Bertz CT molecular complexity index is 528. The zero-order chi connectivity index (χ0) is 12.9. The van der Waals surface area contributed by atoms with Crippen LogP contribution in [-0.4, -0.2) is 5.71 Å². The van der Waals surface area contributed by atoms with Crippen molar-refractivity contribution in [3.8, 4) is 0 Å². The molecule has 96 valence electrons. The van der Waals surface area contributed by atoms with Gasteiger partial charge >= 0.3 is 0 Å². The van der Waals surface area contributed by atoms with E-state index in [2.05, 4.69) is 40.8 Å². The number of benzene rings is 1. The first kappa shape index (κ1) is 12.3. The van der Waals surface area contributed by atoms with Crippen molar-refractivity contribution in [2.45, 2.75) is 44.9 Å². The van der Waals surface area contributed by atoms with Gasteiger partial charge < -0.3 is 0 Å². The van der Waals surface area contributed by atoms with E-state index < -0.39 is 0 Å². The molecule has 1 aliphatic heterocycles. The summed E-state index contributed by atoms with van der Waals surface area (Å²) in [6, 6.07) is 3.59. The van der Waals surface area contributed by atoms with Gasteiger partial charge in [-0.05, 0) is 36.5 Å². The summed E-state index contributed by atoms with van der Waals surface area (Å²) in [4.78, 5) is 4.65. The van der Waals surface area contributed by atoms with E-state index in [-0.39, 0.29) is 11.2 Å². The van der Waals surface area contributed by atoms with Gasteiger partial charge in [0.1, 0.15) is 11.5 Å². The lowest BCUT2D eigenvalue weighted by molar-refractivity contribution is 0.575. The van der Waals surface area contributed by atoms with Crippen LogP contribution in [-0.2, 0) is 5.41 Å². The van der Waals surface area contributed by atoms with E-state index in [9.17, 15) is 4.39 Å². The van der Waals surface area contributed by atoms with Crippen molar-refractivity contribution < 1.29 is 4.39 Å². The molecule has 1 fully saturated rings. The Labute approximate surface area is 116 Å². The van der Waals surface area contributed by atoms with E-state index in [0.717, 1.165) is 22.9 Å². The highest BCUT2D eigenvalue weighted by atomic mass is 79.9. The summed E-state index contributed by atoms with van der Waals surface area (Å²) in [7, 11) is 0. The van der Waals surface area contributed by atoms with Crippen molar-refractivity contribution in [3.05, 3.63) is 28.0 Å². The van der Waals surface area contributed by atoms with Crippen LogP contribution in [0.5, 0.6) is 0 Å². The van der Waals surface area contributed by atoms with Crippen molar-refractivity contribution in [2.24, 2.45) is 10.9 Å². The number of hydrogen-bond acceptors (Lipinski definition) is 1. The molecule has 1 spiro atoms. The van der Waals surface area contributed by atoms with E-state index in [1.54, 1.807) is 0 Å². The largest absolute Gasteiger partial charge is 0.253 e. The first-order chi connectivity index (χ1) is 8.54. The van der Waals surface area contributed by atoms with Crippen LogP contribution in [0.1, 0.15) is 45.1 Å². The molecule has 3 heteroatoms. The molecule has 1 nitrogen and oxygen atoms in total. The van der Waals surface area contributed by atoms with Gasteiger partial charge in [0.05, 0.1) is 0 Å². The van der Waals surface area contributed by atoms with Crippen LogP contribution in [0.25, 0.3) is 0 Å². The van der Waals surface area contributed by atoms with E-state index in [4.69, 9.17) is 0 Å². The fourth-order valence-corrected chi connectivity index (χ4v) is 4.03. The van der Waals surface area contributed by atoms with Crippen LogP contribution in [0, 0.1) is 11.7 Å². The molecule has 18 heavy (non-hydrogen) atoms. The van der Waals surface area contributed by atoms with Gasteiger partial charge in [0.25, 0.3) is 0 Å². The minimum absolute atomic E-state index is 0.0219. The van der Waals surface area contributed by atoms with E-state index >= 15 is 0 Å². The van der Waals surface area contributed by atoms with Crippen LogP contribution < -0.4 is 0 Å². The van der Waals surface area contributed by atoms with Crippen molar-refractivity contribution in [1.82, 2.24) is 0 Å². The van der Waals surface area contributed by atoms with Gasteiger partial charge in [-0.3, -0.25) is 4.99 Å². The summed E-state index contributed by atoms with van der Waals surface area (Å²) in [6.45, 7) is 4.33. The number of halogens is 2. The molecular formula is C15H17BrFN. The Balaban J connectivity index is 2.23. The highest BCUT2D eigenvalue weighted by Gasteiger charge is 2.47. The third-order valence-electron chi connectivity index (χ3n) is 4.27. The quantitative estimate of drug-likeness (QED) is 0.681. The van der Waals surface area contributed by atoms with Gasteiger partial charge in [0.2, 0.25) is 0 Å². The third-order valence-corrected chi connectivity index (χ3v) is 4.73. The lowest BCUT2D eigenvalue weighted by Gasteiger charge is -2.29. The SMILES string of the molecule is CC(C)C1=Nc2c(F)cc(Br)cc2C12CCCC2. The van der Waals surface area contributed by atoms with Gasteiger partial charge in [-0.15, -0.1) is 0 Å². The lowest BCUT2D eigenvalue weighted by Crippen LogP contribution is -2.33. The average molecular weight is 310 g/mol. The molecule has 1 saturated carbocycles. The molecule has 3 rings (SSSR count). The molecule has 0 aromatic heterocycles. The van der Waals surface area contributed by atoms with Gasteiger partial charge in [0, 0.05) is 15.6 Å². The topological polar surface area (TPSA) is 12.4 Å². The van der Waals surface area contributed by atoms with E-state index in [0.29, 0.717) is 11.6 Å². The summed E-state index contributed by atoms with van der Waals surface area (Å²) in [5, 5.41) is 0. The number of aliphatic imine (C=N–C) groups is 1. The summed E-state index contributed by atoms with van der Waals surface area (Å²) in [5.74, 6) is 0.190. The predicted octanol–water partition coefficient (Wildman–Crippen LogP) is 5.14. The second-order valence-corrected chi connectivity index (χ2v) is 6.64. The summed E-state index contributed by atoms with van der Waals surface area (Å²) < 4.78 is 14.9. The van der Waals surface area contributed by atoms with Gasteiger partial charge in [-0.25, -0.2) is 4.39 Å². The minimum Gasteiger partial charge on any atom is -0.253 e. The highest BCUT2D eigenvalue weighted by molar-refractivity contribution is 9.10. The van der Waals surface area contributed by atoms with Gasteiger partial charge in [-0.2, -0.15) is 0 Å². The minimum atomic E-state index is -0.193. The summed E-state index contributed by atoms with van der Waals surface area (Å²) in [5.41, 5.74) is 2.90. The molecule has 2 aliphatic rings. The van der Waals surface area contributed by atoms with Crippen molar-refractivity contribution in [2.75, 3.05) is 0 Å². The van der Waals surface area contributed by atoms with E-state index in [1.807, 2.05) is 0 Å². The van der Waals surface area contributed by atoms with Crippen LogP contribution >= 0.6 is 15.9 Å². The van der Waals surface area contributed by atoms with Crippen molar-refractivity contribution in [1.29, 1.82) is 0 Å². The van der Waals surface area contributed by atoms with Gasteiger partial charge in [-0.1, -0.05) is 42.6 Å². The van der Waals surface area contributed by atoms with Crippen LogP contribution in [0.4, 0.5) is 10.1 Å². The normalized spacial score (nSPS) is 20.6. The van der Waals surface area contributed by atoms with Gasteiger partial charge in [0.15, 0.2) is 0 Å². The molecule has 0 unspecified atom stereocenters. The molecule has 0 saturated heterocycles. The summed E-state index contributed by atoms with van der Waals surface area (Å²) in [6.07, 6.45) is 4.68. The Kier molecular flexibility index (Phi) is 2.85. The first-order valence-electron chi connectivity index (χ1n) is 6.63. The fraction of sp³-hybridized carbons (Fsp3) is 0.533. The zero-order valence-corrected chi connectivity index (χ0v) is 12.3. The third kappa shape index (κ3) is 1.59. The molecule has 0 amide bonds. The molecule has 1 aromatic carbocycles. The highest BCUT2D eigenvalue weighted by Crippen LogP contribution is 2.53. The number of rotatable bonds is 1. The maximum Gasteiger partial charge on any atom is 0.150 e. The number of nitrogens with zero attached hydrogens (tertiary/aromatic N) is 1. The molecule has 0 atom stereocenters. The second-order valence-electron chi connectivity index (χ2n) is 5.72. The van der Waals surface area contributed by atoms with Crippen molar-refractivity contribution in [3.63, 3.8) is 0 Å². The molecule has 0 N–H and O–H groups in total. The molecule has 0 radical (unpaired) electrons. The van der Waals surface area contributed by atoms with E-state index in [1.165, 1.54) is 24.6 Å². The Hall–Kier alpha value is -0.700. The molecular weight excluding hydrogens is 293 g/mol. The zero-order valence-electron chi connectivity index (χ0n) is 10.8. The second kappa shape index (κ2) is 4.16. The smallest absolute Gasteiger partial charge is 0.150 e. The Morgan fingerprint density at radius 2 is 1.94 bits per heavy atom.